The quantitative estimate of drug-likeness (QED) is 0.327. The van der Waals surface area contributed by atoms with Crippen LogP contribution in [0.3, 0.4) is 0 Å². The van der Waals surface area contributed by atoms with Crippen molar-refractivity contribution >= 4 is 5.96 Å². The molecule has 25 heavy (non-hydrogen) atoms. The third kappa shape index (κ3) is 11.6. The van der Waals surface area contributed by atoms with Gasteiger partial charge in [0.2, 0.25) is 0 Å². The Morgan fingerprint density at radius 3 is 2.60 bits per heavy atom. The van der Waals surface area contributed by atoms with Crippen LogP contribution in [0.15, 0.2) is 35.3 Å². The van der Waals surface area contributed by atoms with Crippen molar-refractivity contribution in [1.82, 2.24) is 15.5 Å². The van der Waals surface area contributed by atoms with E-state index in [-0.39, 0.29) is 0 Å². The number of benzene rings is 1. The number of nitrogens with zero attached hydrogens (tertiary/aromatic N) is 2. The molecule has 5 nitrogen and oxygen atoms in total. The number of nitrogens with one attached hydrogen (secondary N) is 2. The smallest absolute Gasteiger partial charge is 0.191 e. The van der Waals surface area contributed by atoms with E-state index in [1.165, 1.54) is 5.56 Å². The minimum atomic E-state index is 0.802. The first-order valence-corrected chi connectivity index (χ1v) is 9.58. The van der Waals surface area contributed by atoms with Crippen molar-refractivity contribution in [2.45, 2.75) is 39.7 Å². The van der Waals surface area contributed by atoms with E-state index < -0.39 is 0 Å². The highest BCUT2D eigenvalue weighted by atomic mass is 16.5. The first-order valence-electron chi connectivity index (χ1n) is 9.58. The summed E-state index contributed by atoms with van der Waals surface area (Å²) in [5.74, 6) is 0.921. The molecule has 2 N–H and O–H groups in total. The maximum Gasteiger partial charge on any atom is 0.191 e. The Kier molecular flexibility index (Phi) is 12.6. The van der Waals surface area contributed by atoms with E-state index in [1.807, 2.05) is 6.92 Å². The molecule has 0 bridgehead atoms. The van der Waals surface area contributed by atoms with Crippen LogP contribution in [-0.2, 0) is 11.3 Å². The van der Waals surface area contributed by atoms with Crippen LogP contribution in [0.2, 0.25) is 0 Å². The fraction of sp³-hybridized carbons (Fsp3) is 0.650. The average molecular weight is 349 g/mol. The van der Waals surface area contributed by atoms with Crippen LogP contribution in [0.1, 0.15) is 38.7 Å². The second kappa shape index (κ2) is 14.7. The molecular formula is C20H36N4O. The van der Waals surface area contributed by atoms with Crippen LogP contribution in [0.25, 0.3) is 0 Å². The monoisotopic (exact) mass is 348 g/mol. The van der Waals surface area contributed by atoms with Gasteiger partial charge in [0.25, 0.3) is 0 Å². The van der Waals surface area contributed by atoms with E-state index in [2.05, 4.69) is 64.8 Å². The highest BCUT2D eigenvalue weighted by molar-refractivity contribution is 5.79. The molecule has 1 aromatic rings. The van der Waals surface area contributed by atoms with Crippen LogP contribution in [0, 0.1) is 0 Å². The first-order chi connectivity index (χ1) is 12.3. The van der Waals surface area contributed by atoms with Gasteiger partial charge >= 0.3 is 0 Å². The minimum absolute atomic E-state index is 0.802. The van der Waals surface area contributed by atoms with Crippen molar-refractivity contribution in [1.29, 1.82) is 0 Å². The Hall–Kier alpha value is -1.59. The highest BCUT2D eigenvalue weighted by Gasteiger charge is 2.00. The number of rotatable bonds is 13. The van der Waals surface area contributed by atoms with E-state index in [0.717, 1.165) is 71.2 Å². The van der Waals surface area contributed by atoms with Crippen LogP contribution in [0.4, 0.5) is 0 Å². The predicted octanol–water partition coefficient (Wildman–Crippen LogP) is 2.88. The van der Waals surface area contributed by atoms with Gasteiger partial charge in [-0.2, -0.15) is 0 Å². The summed E-state index contributed by atoms with van der Waals surface area (Å²) < 4.78 is 5.35. The van der Waals surface area contributed by atoms with E-state index in [0.29, 0.717) is 0 Å². The van der Waals surface area contributed by atoms with Gasteiger partial charge in [-0.1, -0.05) is 30.3 Å². The standard InChI is InChI=1S/C20H36N4O/c1-4-21-20(22-14-9-10-17-25-5-2)23-15-11-16-24(3)18-19-12-7-6-8-13-19/h6-8,12-13H,4-5,9-11,14-18H2,1-3H3,(H2,21,22,23). The molecule has 0 aromatic heterocycles. The summed E-state index contributed by atoms with van der Waals surface area (Å²) in [5.41, 5.74) is 1.36. The van der Waals surface area contributed by atoms with E-state index in [4.69, 9.17) is 4.74 Å². The molecule has 0 fully saturated rings. The number of unbranched alkanes of at least 4 members (excludes halogenated alkanes) is 1. The molecule has 0 saturated carbocycles. The highest BCUT2D eigenvalue weighted by Crippen LogP contribution is 2.02. The summed E-state index contributed by atoms with van der Waals surface area (Å²) in [6.45, 7) is 10.5. The van der Waals surface area contributed by atoms with Crippen molar-refractivity contribution in [3.63, 3.8) is 0 Å². The van der Waals surface area contributed by atoms with Crippen LogP contribution in [0.5, 0.6) is 0 Å². The average Bonchev–Trinajstić information content (AvgIpc) is 2.62. The van der Waals surface area contributed by atoms with Gasteiger partial charge in [0.05, 0.1) is 0 Å². The van der Waals surface area contributed by atoms with E-state index in [9.17, 15) is 0 Å². The zero-order valence-corrected chi connectivity index (χ0v) is 16.3. The second-order valence-corrected chi connectivity index (χ2v) is 6.17. The fourth-order valence-corrected chi connectivity index (χ4v) is 2.53. The van der Waals surface area contributed by atoms with Gasteiger partial charge in [0.15, 0.2) is 5.96 Å². The summed E-state index contributed by atoms with van der Waals surface area (Å²) >= 11 is 0. The number of hydrogen-bond acceptors (Lipinski definition) is 3. The number of guanidine groups is 1. The van der Waals surface area contributed by atoms with Crippen molar-refractivity contribution in [2.24, 2.45) is 4.99 Å². The number of hydrogen-bond donors (Lipinski definition) is 2. The third-order valence-corrected chi connectivity index (χ3v) is 3.82. The molecule has 0 saturated heterocycles. The third-order valence-electron chi connectivity index (χ3n) is 3.82. The maximum absolute atomic E-state index is 5.35. The SMILES string of the molecule is CCNC(=NCCCN(C)Cc1ccccc1)NCCCCOCC. The lowest BCUT2D eigenvalue weighted by Crippen LogP contribution is -2.38. The van der Waals surface area contributed by atoms with Gasteiger partial charge in [-0.3, -0.25) is 4.99 Å². The summed E-state index contributed by atoms with van der Waals surface area (Å²) in [4.78, 5) is 7.01. The van der Waals surface area contributed by atoms with Crippen molar-refractivity contribution in [2.75, 3.05) is 46.4 Å². The van der Waals surface area contributed by atoms with Gasteiger partial charge in [-0.05, 0) is 52.3 Å². The Morgan fingerprint density at radius 2 is 1.88 bits per heavy atom. The zero-order chi connectivity index (χ0) is 18.2. The molecular weight excluding hydrogens is 312 g/mol. The molecule has 0 aliphatic heterocycles. The first kappa shape index (κ1) is 21.5. The van der Waals surface area contributed by atoms with Gasteiger partial charge in [-0.25, -0.2) is 0 Å². The number of ether oxygens (including phenoxy) is 1. The van der Waals surface area contributed by atoms with E-state index in [1.54, 1.807) is 0 Å². The molecule has 0 aliphatic carbocycles. The Balaban J connectivity index is 2.18. The van der Waals surface area contributed by atoms with Crippen LogP contribution in [-0.4, -0.2) is 57.3 Å². The largest absolute Gasteiger partial charge is 0.382 e. The number of aliphatic imine (C=N–C) groups is 1. The molecule has 5 heteroatoms. The summed E-state index contributed by atoms with van der Waals surface area (Å²) in [5, 5.41) is 6.70. The Morgan fingerprint density at radius 1 is 1.08 bits per heavy atom. The summed E-state index contributed by atoms with van der Waals surface area (Å²) in [7, 11) is 2.17. The lowest BCUT2D eigenvalue weighted by molar-refractivity contribution is 0.143. The molecule has 0 atom stereocenters. The molecule has 0 aliphatic rings. The lowest BCUT2D eigenvalue weighted by Gasteiger charge is -2.16. The molecule has 0 amide bonds. The maximum atomic E-state index is 5.35. The normalized spacial score (nSPS) is 11.8. The molecule has 1 rings (SSSR count). The van der Waals surface area contributed by atoms with Crippen molar-refractivity contribution in [3.05, 3.63) is 35.9 Å². The van der Waals surface area contributed by atoms with Gasteiger partial charge in [0.1, 0.15) is 0 Å². The minimum Gasteiger partial charge on any atom is -0.382 e. The Labute approximate surface area is 153 Å². The van der Waals surface area contributed by atoms with Crippen molar-refractivity contribution < 1.29 is 4.74 Å². The summed E-state index contributed by atoms with van der Waals surface area (Å²) in [6, 6.07) is 10.6. The van der Waals surface area contributed by atoms with Gasteiger partial charge in [0, 0.05) is 39.4 Å². The molecule has 0 heterocycles. The van der Waals surface area contributed by atoms with Crippen LogP contribution >= 0.6 is 0 Å². The topological polar surface area (TPSA) is 48.9 Å². The van der Waals surface area contributed by atoms with Crippen LogP contribution < -0.4 is 10.6 Å². The zero-order valence-electron chi connectivity index (χ0n) is 16.3. The summed E-state index contributed by atoms with van der Waals surface area (Å²) in [6.07, 6.45) is 3.25. The molecule has 1 aromatic carbocycles. The predicted molar refractivity (Wildman–Crippen MR) is 107 cm³/mol. The van der Waals surface area contributed by atoms with Gasteiger partial charge in [-0.15, -0.1) is 0 Å². The molecule has 0 radical (unpaired) electrons. The van der Waals surface area contributed by atoms with E-state index >= 15 is 0 Å². The fourth-order valence-electron chi connectivity index (χ4n) is 2.53. The van der Waals surface area contributed by atoms with Crippen molar-refractivity contribution in [3.8, 4) is 0 Å². The van der Waals surface area contributed by atoms with Gasteiger partial charge < -0.3 is 20.3 Å². The molecule has 0 spiro atoms. The lowest BCUT2D eigenvalue weighted by atomic mass is 10.2. The Bertz CT molecular complexity index is 450. The second-order valence-electron chi connectivity index (χ2n) is 6.17. The molecule has 142 valence electrons. The molecule has 0 unspecified atom stereocenters.